The Morgan fingerprint density at radius 2 is 2.32 bits per heavy atom. The molecule has 1 saturated heterocycles. The normalized spacial score (nSPS) is 35.9. The summed E-state index contributed by atoms with van der Waals surface area (Å²) in [6, 6.07) is 0.0248. The van der Waals surface area contributed by atoms with Gasteiger partial charge in [0.1, 0.15) is 12.3 Å². The van der Waals surface area contributed by atoms with Crippen LogP contribution in [0.1, 0.15) is 26.5 Å². The first kappa shape index (κ1) is 12.5. The van der Waals surface area contributed by atoms with Crippen molar-refractivity contribution >= 4 is 0 Å². The van der Waals surface area contributed by atoms with Gasteiger partial charge in [-0.05, 0) is 6.42 Å². The first-order valence-corrected chi connectivity index (χ1v) is 6.21. The summed E-state index contributed by atoms with van der Waals surface area (Å²) < 4.78 is 39.2. The molecule has 3 heterocycles. The smallest absolute Gasteiger partial charge is 0.311 e. The van der Waals surface area contributed by atoms with Crippen LogP contribution in [0.4, 0.5) is 8.78 Å². The van der Waals surface area contributed by atoms with Gasteiger partial charge in [0.15, 0.2) is 12.3 Å². The maximum Gasteiger partial charge on any atom is 0.311 e. The van der Waals surface area contributed by atoms with Gasteiger partial charge in [0.25, 0.3) is 0 Å². The van der Waals surface area contributed by atoms with E-state index in [-0.39, 0.29) is 11.9 Å². The van der Waals surface area contributed by atoms with Crippen molar-refractivity contribution in [1.29, 1.82) is 0 Å². The van der Waals surface area contributed by atoms with E-state index in [1.54, 1.807) is 0 Å². The van der Waals surface area contributed by atoms with Crippen LogP contribution in [-0.2, 0) is 4.74 Å². The maximum atomic E-state index is 13.3. The summed E-state index contributed by atoms with van der Waals surface area (Å²) in [5.74, 6) is -1.19. The highest BCUT2D eigenvalue weighted by Crippen LogP contribution is 2.49. The molecule has 0 N–H and O–H groups in total. The maximum absolute atomic E-state index is 13.3. The van der Waals surface area contributed by atoms with Gasteiger partial charge >= 0.3 is 11.6 Å². The molecule has 0 bridgehead atoms. The third-order valence-corrected chi connectivity index (χ3v) is 4.17. The Bertz CT molecular complexity index is 571. The molecule has 1 aromatic rings. The van der Waals surface area contributed by atoms with Gasteiger partial charge < -0.3 is 9.47 Å². The first-order chi connectivity index (χ1) is 9.02. The molecule has 0 amide bonds. The third-order valence-electron chi connectivity index (χ3n) is 4.17. The Morgan fingerprint density at radius 3 is 2.95 bits per heavy atom. The van der Waals surface area contributed by atoms with Crippen LogP contribution in [0.15, 0.2) is 11.0 Å². The Balaban J connectivity index is 2.03. The highest BCUT2D eigenvalue weighted by atomic mass is 19.1. The summed E-state index contributed by atoms with van der Waals surface area (Å²) in [5, 5.41) is 0. The molecule has 7 heteroatoms. The fourth-order valence-electron chi connectivity index (χ4n) is 2.81. The van der Waals surface area contributed by atoms with Crippen molar-refractivity contribution in [2.45, 2.75) is 38.2 Å². The standard InChI is InChI=1S/C12H14F2N2O3/c1-3-12(5-13)6(2)8-10(19-12)16-4-7(14)9(17)15-11(16)18-8/h4,6,8,10H,3,5H2,1-2H3/t6-,8-,10+,12-/m0/s1. The Morgan fingerprint density at radius 1 is 1.58 bits per heavy atom. The number of ether oxygens (including phenoxy) is 2. The average Bonchev–Trinajstić information content (AvgIpc) is 2.86. The molecule has 104 valence electrons. The minimum absolute atomic E-state index is 0.0248. The van der Waals surface area contributed by atoms with Crippen LogP contribution in [-0.4, -0.2) is 27.9 Å². The monoisotopic (exact) mass is 272 g/mol. The number of fused-ring (bicyclic) bond motifs is 3. The minimum atomic E-state index is -0.974. The van der Waals surface area contributed by atoms with Gasteiger partial charge in [-0.15, -0.1) is 0 Å². The number of alkyl halides is 1. The lowest BCUT2D eigenvalue weighted by Gasteiger charge is -2.29. The predicted molar refractivity (Wildman–Crippen MR) is 61.2 cm³/mol. The number of hydrogen-bond acceptors (Lipinski definition) is 4. The van der Waals surface area contributed by atoms with E-state index in [0.717, 1.165) is 6.20 Å². The second kappa shape index (κ2) is 4.00. The van der Waals surface area contributed by atoms with E-state index in [0.29, 0.717) is 6.42 Å². The van der Waals surface area contributed by atoms with Crippen molar-refractivity contribution in [3.05, 3.63) is 22.4 Å². The molecule has 3 rings (SSSR count). The Labute approximate surface area is 108 Å². The topological polar surface area (TPSA) is 53.4 Å². The van der Waals surface area contributed by atoms with Gasteiger partial charge in [-0.3, -0.25) is 9.36 Å². The van der Waals surface area contributed by atoms with Gasteiger partial charge in [-0.25, -0.2) is 4.39 Å². The molecule has 5 nitrogen and oxygen atoms in total. The number of aromatic nitrogens is 2. The quantitative estimate of drug-likeness (QED) is 0.817. The van der Waals surface area contributed by atoms with Crippen LogP contribution in [0.25, 0.3) is 0 Å². The molecular weight excluding hydrogens is 258 g/mol. The lowest BCUT2D eigenvalue weighted by molar-refractivity contribution is -0.0960. The Hall–Kier alpha value is -1.50. The first-order valence-electron chi connectivity index (χ1n) is 6.21. The van der Waals surface area contributed by atoms with Crippen molar-refractivity contribution in [2.75, 3.05) is 6.67 Å². The molecule has 0 aliphatic carbocycles. The molecule has 19 heavy (non-hydrogen) atoms. The molecule has 4 atom stereocenters. The Kier molecular flexibility index (Phi) is 2.63. The number of rotatable bonds is 2. The predicted octanol–water partition coefficient (Wildman–Crippen LogP) is 1.43. The SMILES string of the molecule is CC[C@@]1(CF)O[C@@H]2[C@@H](Oc3nc(=O)c(F)cn32)[C@@H]1C. The summed E-state index contributed by atoms with van der Waals surface area (Å²) in [6.45, 7) is 3.03. The van der Waals surface area contributed by atoms with Crippen molar-refractivity contribution < 1.29 is 18.3 Å². The summed E-state index contributed by atoms with van der Waals surface area (Å²) >= 11 is 0. The van der Waals surface area contributed by atoms with E-state index in [2.05, 4.69) is 4.98 Å². The fourth-order valence-corrected chi connectivity index (χ4v) is 2.81. The zero-order chi connectivity index (χ0) is 13.8. The van der Waals surface area contributed by atoms with E-state index in [9.17, 15) is 13.6 Å². The van der Waals surface area contributed by atoms with Gasteiger partial charge in [0.05, 0.1) is 6.20 Å². The van der Waals surface area contributed by atoms with Gasteiger partial charge in [-0.2, -0.15) is 9.37 Å². The average molecular weight is 272 g/mol. The van der Waals surface area contributed by atoms with Crippen molar-refractivity contribution in [3.8, 4) is 6.01 Å². The van der Waals surface area contributed by atoms with Crippen LogP contribution in [0.5, 0.6) is 6.01 Å². The van der Waals surface area contributed by atoms with Crippen molar-refractivity contribution in [2.24, 2.45) is 5.92 Å². The molecule has 2 aliphatic rings. The third kappa shape index (κ3) is 1.54. The lowest BCUT2D eigenvalue weighted by Crippen LogP contribution is -2.39. The van der Waals surface area contributed by atoms with E-state index in [1.165, 1.54) is 4.57 Å². The number of halogens is 2. The second-order valence-electron chi connectivity index (χ2n) is 5.02. The van der Waals surface area contributed by atoms with E-state index < -0.39 is 36.0 Å². The summed E-state index contributed by atoms with van der Waals surface area (Å²) in [6.07, 6.45) is 0.408. The van der Waals surface area contributed by atoms with Crippen LogP contribution in [0.2, 0.25) is 0 Å². The van der Waals surface area contributed by atoms with Crippen LogP contribution in [0.3, 0.4) is 0 Å². The molecule has 2 aliphatic heterocycles. The van der Waals surface area contributed by atoms with E-state index in [1.807, 2.05) is 13.8 Å². The molecule has 0 saturated carbocycles. The van der Waals surface area contributed by atoms with Crippen molar-refractivity contribution in [1.82, 2.24) is 9.55 Å². The van der Waals surface area contributed by atoms with E-state index >= 15 is 0 Å². The fraction of sp³-hybridized carbons (Fsp3) is 0.667. The van der Waals surface area contributed by atoms with Crippen LogP contribution >= 0.6 is 0 Å². The van der Waals surface area contributed by atoms with E-state index in [4.69, 9.17) is 9.47 Å². The highest BCUT2D eigenvalue weighted by molar-refractivity contribution is 5.13. The number of nitrogens with zero attached hydrogens (tertiary/aromatic N) is 2. The van der Waals surface area contributed by atoms with Gasteiger partial charge in [0.2, 0.25) is 5.82 Å². The molecule has 0 radical (unpaired) electrons. The van der Waals surface area contributed by atoms with Crippen LogP contribution in [0, 0.1) is 11.7 Å². The van der Waals surface area contributed by atoms with Gasteiger partial charge in [0, 0.05) is 5.92 Å². The molecule has 0 spiro atoms. The largest absolute Gasteiger partial charge is 0.456 e. The molecule has 1 aromatic heterocycles. The second-order valence-corrected chi connectivity index (χ2v) is 5.02. The lowest BCUT2D eigenvalue weighted by atomic mass is 9.86. The molecule has 0 unspecified atom stereocenters. The minimum Gasteiger partial charge on any atom is -0.456 e. The molecular formula is C12H14F2N2O3. The summed E-state index contributed by atoms with van der Waals surface area (Å²) in [5.41, 5.74) is -1.89. The van der Waals surface area contributed by atoms with Crippen molar-refractivity contribution in [3.63, 3.8) is 0 Å². The summed E-state index contributed by atoms with van der Waals surface area (Å²) in [7, 11) is 0. The molecule has 0 aromatic carbocycles. The zero-order valence-electron chi connectivity index (χ0n) is 10.6. The number of hydrogen-bond donors (Lipinski definition) is 0. The van der Waals surface area contributed by atoms with Gasteiger partial charge in [-0.1, -0.05) is 13.8 Å². The summed E-state index contributed by atoms with van der Waals surface area (Å²) in [4.78, 5) is 14.6. The highest BCUT2D eigenvalue weighted by Gasteiger charge is 2.57. The molecule has 1 fully saturated rings. The van der Waals surface area contributed by atoms with Crippen LogP contribution < -0.4 is 10.3 Å². The zero-order valence-corrected chi connectivity index (χ0v) is 10.6.